The molecule has 4 N–H and O–H groups in total. The number of benzene rings is 3. The maximum absolute atomic E-state index is 13.2. The SMILES string of the molecule is CNc1nc(N)nc2cc(-c3c(C)cccc3C(=O)NC3CC3Oc3ccccc3)ccc12. The van der Waals surface area contributed by atoms with Crippen LogP contribution < -0.4 is 21.1 Å². The number of anilines is 2. The lowest BCUT2D eigenvalue weighted by atomic mass is 9.93. The molecule has 3 aromatic carbocycles. The van der Waals surface area contributed by atoms with Gasteiger partial charge in [-0.2, -0.15) is 4.98 Å². The van der Waals surface area contributed by atoms with Gasteiger partial charge in [-0.05, 0) is 53.9 Å². The van der Waals surface area contributed by atoms with Gasteiger partial charge in [0.2, 0.25) is 5.95 Å². The third-order valence-corrected chi connectivity index (χ3v) is 5.84. The van der Waals surface area contributed by atoms with E-state index in [1.54, 1.807) is 7.05 Å². The van der Waals surface area contributed by atoms with Crippen molar-refractivity contribution in [1.29, 1.82) is 0 Å². The summed E-state index contributed by atoms with van der Waals surface area (Å²) in [5.74, 6) is 1.57. The van der Waals surface area contributed by atoms with Crippen LogP contribution in [0.3, 0.4) is 0 Å². The number of aryl methyl sites for hydroxylation is 1. The summed E-state index contributed by atoms with van der Waals surface area (Å²) in [4.78, 5) is 21.9. The number of aromatic nitrogens is 2. The highest BCUT2D eigenvalue weighted by atomic mass is 16.5. The first kappa shape index (κ1) is 20.8. The summed E-state index contributed by atoms with van der Waals surface area (Å²) in [6, 6.07) is 21.3. The summed E-state index contributed by atoms with van der Waals surface area (Å²) in [6.07, 6.45) is 0.783. The van der Waals surface area contributed by atoms with Gasteiger partial charge in [-0.1, -0.05) is 36.4 Å². The van der Waals surface area contributed by atoms with Gasteiger partial charge in [0.25, 0.3) is 5.91 Å². The molecule has 1 aromatic heterocycles. The van der Waals surface area contributed by atoms with Crippen molar-refractivity contribution in [3.05, 3.63) is 77.9 Å². The highest BCUT2D eigenvalue weighted by Crippen LogP contribution is 2.33. The third kappa shape index (κ3) is 4.17. The molecule has 7 nitrogen and oxygen atoms in total. The minimum atomic E-state index is -0.115. The zero-order chi connectivity index (χ0) is 22.9. The maximum Gasteiger partial charge on any atom is 0.252 e. The molecule has 1 aliphatic rings. The van der Waals surface area contributed by atoms with Crippen LogP contribution in [0, 0.1) is 6.92 Å². The molecule has 2 atom stereocenters. The van der Waals surface area contributed by atoms with E-state index >= 15 is 0 Å². The number of para-hydroxylation sites is 1. The maximum atomic E-state index is 13.2. The van der Waals surface area contributed by atoms with E-state index in [0.717, 1.165) is 39.8 Å². The molecule has 0 aliphatic heterocycles. The predicted molar refractivity (Wildman–Crippen MR) is 130 cm³/mol. The molecule has 0 saturated heterocycles. The van der Waals surface area contributed by atoms with E-state index in [-0.39, 0.29) is 24.0 Å². The predicted octanol–water partition coefficient (Wildman–Crippen LogP) is 4.18. The number of rotatable bonds is 6. The smallest absolute Gasteiger partial charge is 0.252 e. The molecule has 1 fully saturated rings. The molecule has 1 amide bonds. The van der Waals surface area contributed by atoms with Gasteiger partial charge >= 0.3 is 0 Å². The van der Waals surface area contributed by atoms with Crippen LogP contribution in [0.15, 0.2) is 66.7 Å². The minimum Gasteiger partial charge on any atom is -0.488 e. The highest BCUT2D eigenvalue weighted by molar-refractivity contribution is 6.03. The Kier molecular flexibility index (Phi) is 5.30. The quantitative estimate of drug-likeness (QED) is 0.417. The summed E-state index contributed by atoms with van der Waals surface area (Å²) in [5, 5.41) is 7.05. The molecule has 7 heteroatoms. The molecule has 33 heavy (non-hydrogen) atoms. The number of nitrogen functional groups attached to an aromatic ring is 1. The third-order valence-electron chi connectivity index (χ3n) is 5.84. The van der Waals surface area contributed by atoms with Crippen molar-refractivity contribution in [3.63, 3.8) is 0 Å². The van der Waals surface area contributed by atoms with E-state index in [0.29, 0.717) is 11.4 Å². The summed E-state index contributed by atoms with van der Waals surface area (Å²) in [6.45, 7) is 2.00. The Morgan fingerprint density at radius 2 is 1.88 bits per heavy atom. The van der Waals surface area contributed by atoms with Crippen molar-refractivity contribution in [1.82, 2.24) is 15.3 Å². The van der Waals surface area contributed by atoms with Crippen LogP contribution >= 0.6 is 0 Å². The van der Waals surface area contributed by atoms with Crippen molar-refractivity contribution >= 4 is 28.6 Å². The Hall–Kier alpha value is -4.13. The number of hydrogen-bond acceptors (Lipinski definition) is 6. The number of amides is 1. The second kappa shape index (κ2) is 8.43. The standard InChI is InChI=1S/C26H25N5O2/c1-15-7-6-10-19(25(32)29-21-14-22(21)33-17-8-4-3-5-9-17)23(15)16-11-12-18-20(13-16)30-26(27)31-24(18)28-2/h3-13,21-22H,14H2,1-2H3,(H,29,32)(H3,27,28,30,31). The van der Waals surface area contributed by atoms with Crippen LogP contribution in [0.1, 0.15) is 22.3 Å². The van der Waals surface area contributed by atoms with E-state index in [9.17, 15) is 4.79 Å². The van der Waals surface area contributed by atoms with E-state index in [1.165, 1.54) is 0 Å². The molecule has 0 bridgehead atoms. The van der Waals surface area contributed by atoms with Crippen LogP contribution in [0.2, 0.25) is 0 Å². The van der Waals surface area contributed by atoms with Crippen LogP contribution in [0.5, 0.6) is 5.75 Å². The lowest BCUT2D eigenvalue weighted by Gasteiger charge is -2.14. The van der Waals surface area contributed by atoms with E-state index in [1.807, 2.05) is 73.7 Å². The van der Waals surface area contributed by atoms with Gasteiger partial charge in [-0.25, -0.2) is 4.98 Å². The van der Waals surface area contributed by atoms with Crippen molar-refractivity contribution in [2.75, 3.05) is 18.1 Å². The Morgan fingerprint density at radius 1 is 1.06 bits per heavy atom. The number of fused-ring (bicyclic) bond motifs is 1. The van der Waals surface area contributed by atoms with E-state index in [4.69, 9.17) is 10.5 Å². The van der Waals surface area contributed by atoms with Crippen molar-refractivity contribution < 1.29 is 9.53 Å². The first-order valence-corrected chi connectivity index (χ1v) is 10.9. The topological polar surface area (TPSA) is 102 Å². The highest BCUT2D eigenvalue weighted by Gasteiger charge is 2.41. The molecule has 1 aliphatic carbocycles. The van der Waals surface area contributed by atoms with Gasteiger partial charge in [0, 0.05) is 24.4 Å². The van der Waals surface area contributed by atoms with Crippen LogP contribution in [0.4, 0.5) is 11.8 Å². The zero-order valence-corrected chi connectivity index (χ0v) is 18.5. The Labute approximate surface area is 192 Å². The second-order valence-electron chi connectivity index (χ2n) is 8.19. The molecule has 2 unspecified atom stereocenters. The molecule has 4 aromatic rings. The molecule has 1 saturated carbocycles. The van der Waals surface area contributed by atoms with E-state index < -0.39 is 0 Å². The first-order chi connectivity index (χ1) is 16.0. The van der Waals surface area contributed by atoms with Gasteiger partial charge in [0.15, 0.2) is 0 Å². The van der Waals surface area contributed by atoms with E-state index in [2.05, 4.69) is 20.6 Å². The normalized spacial score (nSPS) is 16.9. The van der Waals surface area contributed by atoms with Crippen molar-refractivity contribution in [3.8, 4) is 16.9 Å². The average Bonchev–Trinajstić information content (AvgIpc) is 3.55. The number of nitrogens with two attached hydrogens (primary N) is 1. The van der Waals surface area contributed by atoms with Crippen LogP contribution in [0.25, 0.3) is 22.0 Å². The van der Waals surface area contributed by atoms with Crippen molar-refractivity contribution in [2.45, 2.75) is 25.5 Å². The molecule has 1 heterocycles. The fourth-order valence-corrected chi connectivity index (χ4v) is 4.11. The lowest BCUT2D eigenvalue weighted by molar-refractivity contribution is 0.0945. The number of nitrogens with one attached hydrogen (secondary N) is 2. The number of nitrogens with zero attached hydrogens (tertiary/aromatic N) is 2. The summed E-state index contributed by atoms with van der Waals surface area (Å²) in [7, 11) is 1.80. The number of ether oxygens (including phenoxy) is 1. The molecule has 5 rings (SSSR count). The van der Waals surface area contributed by atoms with Crippen molar-refractivity contribution in [2.24, 2.45) is 0 Å². The Balaban J connectivity index is 1.42. The lowest BCUT2D eigenvalue weighted by Crippen LogP contribution is -2.29. The van der Waals surface area contributed by atoms with Crippen LogP contribution in [-0.2, 0) is 0 Å². The first-order valence-electron chi connectivity index (χ1n) is 10.9. The number of carbonyl (C=O) groups excluding carboxylic acids is 1. The fraction of sp³-hybridized carbons (Fsp3) is 0.192. The van der Waals surface area contributed by atoms with Gasteiger partial charge in [0.1, 0.15) is 17.7 Å². The van der Waals surface area contributed by atoms with Crippen LogP contribution in [-0.4, -0.2) is 35.1 Å². The second-order valence-corrected chi connectivity index (χ2v) is 8.19. The summed E-state index contributed by atoms with van der Waals surface area (Å²) >= 11 is 0. The average molecular weight is 440 g/mol. The number of hydrogen-bond donors (Lipinski definition) is 3. The molecule has 0 radical (unpaired) electrons. The minimum absolute atomic E-state index is 0.00611. The number of carbonyl (C=O) groups is 1. The monoisotopic (exact) mass is 439 g/mol. The summed E-state index contributed by atoms with van der Waals surface area (Å²) in [5.41, 5.74) is 10.0. The fourth-order valence-electron chi connectivity index (χ4n) is 4.11. The summed E-state index contributed by atoms with van der Waals surface area (Å²) < 4.78 is 5.95. The molecule has 0 spiro atoms. The van der Waals surface area contributed by atoms with Gasteiger partial charge in [-0.15, -0.1) is 0 Å². The molecular weight excluding hydrogens is 414 g/mol. The molecular formula is C26H25N5O2. The van der Waals surface area contributed by atoms with Gasteiger partial charge in [-0.3, -0.25) is 4.79 Å². The van der Waals surface area contributed by atoms with Gasteiger partial charge in [0.05, 0.1) is 11.6 Å². The Bertz CT molecular complexity index is 1340. The molecule has 166 valence electrons. The Morgan fingerprint density at radius 3 is 2.67 bits per heavy atom. The zero-order valence-electron chi connectivity index (χ0n) is 18.5. The van der Waals surface area contributed by atoms with Gasteiger partial charge < -0.3 is 21.1 Å². The largest absolute Gasteiger partial charge is 0.488 e.